The Morgan fingerprint density at radius 3 is 1.10 bits per heavy atom. The summed E-state index contributed by atoms with van der Waals surface area (Å²) in [5, 5.41) is 28.5. The Balaban J connectivity index is 1.53. The van der Waals surface area contributed by atoms with Gasteiger partial charge < -0.3 is 10.2 Å². The summed E-state index contributed by atoms with van der Waals surface area (Å²) < 4.78 is 0. The van der Waals surface area contributed by atoms with Crippen molar-refractivity contribution < 1.29 is 29.4 Å². The van der Waals surface area contributed by atoms with Crippen molar-refractivity contribution in [1.82, 2.24) is 20.9 Å². The summed E-state index contributed by atoms with van der Waals surface area (Å²) in [5.74, 6) is -3.07. The summed E-state index contributed by atoms with van der Waals surface area (Å²) in [7, 11) is 0. The zero-order valence-corrected chi connectivity index (χ0v) is 22.7. The molecule has 2 saturated heterocycles. The van der Waals surface area contributed by atoms with Crippen molar-refractivity contribution in [1.29, 1.82) is 0 Å². The predicted octanol–water partition coefficient (Wildman–Crippen LogP) is 4.61. The van der Waals surface area contributed by atoms with Crippen LogP contribution in [0.2, 0.25) is 0 Å². The van der Waals surface area contributed by atoms with Crippen LogP contribution in [-0.2, 0) is 0 Å². The van der Waals surface area contributed by atoms with Gasteiger partial charge in [0, 0.05) is 48.1 Å². The molecule has 0 radical (unpaired) electrons. The number of carbonyl (C=O) groups excluding carboxylic acids is 2. The van der Waals surface area contributed by atoms with Crippen LogP contribution >= 0.6 is 0 Å². The van der Waals surface area contributed by atoms with E-state index in [1.807, 2.05) is 10.0 Å². The van der Waals surface area contributed by atoms with Gasteiger partial charge in [0.1, 0.15) is 0 Å². The number of hydrazine groups is 2. The first-order valence-electron chi connectivity index (χ1n) is 14.1. The summed E-state index contributed by atoms with van der Waals surface area (Å²) in [6.07, 6.45) is 3.90. The highest BCUT2D eigenvalue weighted by molar-refractivity contribution is 6.38. The van der Waals surface area contributed by atoms with Crippen molar-refractivity contribution in [3.05, 3.63) is 70.8 Å². The molecule has 0 aliphatic carbocycles. The number of nitrogens with one attached hydrogen (secondary N) is 2. The molecule has 5 aromatic carbocycles. The van der Waals surface area contributed by atoms with E-state index >= 15 is 0 Å². The fourth-order valence-electron chi connectivity index (χ4n) is 6.69. The zero-order chi connectivity index (χ0) is 29.1. The van der Waals surface area contributed by atoms with Crippen LogP contribution in [0.4, 0.5) is 0 Å². The van der Waals surface area contributed by atoms with Crippen molar-refractivity contribution in [3.63, 3.8) is 0 Å². The van der Waals surface area contributed by atoms with Crippen molar-refractivity contribution >= 4 is 66.8 Å². The number of fused-ring (bicyclic) bond motifs is 2. The second-order valence-electron chi connectivity index (χ2n) is 11.0. The Bertz CT molecular complexity index is 1790. The van der Waals surface area contributed by atoms with Crippen LogP contribution in [0.15, 0.2) is 48.5 Å². The Morgan fingerprint density at radius 1 is 0.476 bits per heavy atom. The van der Waals surface area contributed by atoms with E-state index in [9.17, 15) is 29.4 Å². The van der Waals surface area contributed by atoms with Gasteiger partial charge in [0.25, 0.3) is 11.8 Å². The average molecular weight is 565 g/mol. The molecular weight excluding hydrogens is 536 g/mol. The van der Waals surface area contributed by atoms with E-state index < -0.39 is 11.9 Å². The third-order valence-electron chi connectivity index (χ3n) is 8.58. The molecule has 0 spiro atoms. The summed E-state index contributed by atoms with van der Waals surface area (Å²) >= 11 is 0. The normalized spacial score (nSPS) is 16.2. The van der Waals surface area contributed by atoms with Gasteiger partial charge in [-0.2, -0.15) is 0 Å². The number of carboxylic acids is 2. The average Bonchev–Trinajstić information content (AvgIpc) is 3.69. The van der Waals surface area contributed by atoms with Gasteiger partial charge in [-0.1, -0.05) is 24.3 Å². The number of nitrogens with zero attached hydrogens (tertiary/aromatic N) is 2. The number of hydrogen-bond donors (Lipinski definition) is 4. The SMILES string of the molecule is O=C(O)c1ccc2c3ccc(C(=O)NN4CCCC4)c4c(C(=O)O)ccc(c5ccc(C(=O)NN6CCCC6)c1c25)c43. The van der Waals surface area contributed by atoms with Gasteiger partial charge in [-0.25, -0.2) is 19.6 Å². The Morgan fingerprint density at radius 2 is 0.786 bits per heavy atom. The smallest absolute Gasteiger partial charge is 0.336 e. The molecule has 0 aromatic heterocycles. The number of amides is 2. The molecule has 0 bridgehead atoms. The van der Waals surface area contributed by atoms with E-state index in [-0.39, 0.29) is 34.1 Å². The number of carbonyl (C=O) groups is 4. The van der Waals surface area contributed by atoms with Crippen LogP contribution in [0, 0.1) is 0 Å². The van der Waals surface area contributed by atoms with E-state index in [1.54, 1.807) is 36.4 Å². The molecular formula is C32H28N4O6. The van der Waals surface area contributed by atoms with Crippen LogP contribution in [0.1, 0.15) is 67.1 Å². The van der Waals surface area contributed by atoms with Gasteiger partial charge in [-0.05, 0) is 82.3 Å². The summed E-state index contributed by atoms with van der Waals surface area (Å²) in [4.78, 5) is 51.8. The van der Waals surface area contributed by atoms with E-state index in [1.165, 1.54) is 12.1 Å². The van der Waals surface area contributed by atoms with Crippen molar-refractivity contribution in [3.8, 4) is 0 Å². The molecule has 10 heteroatoms. The number of carboxylic acid groups (broad SMARTS) is 2. The van der Waals surface area contributed by atoms with Gasteiger partial charge in [-0.3, -0.25) is 20.4 Å². The minimum absolute atomic E-state index is 0.00522. The van der Waals surface area contributed by atoms with Crippen molar-refractivity contribution in [2.75, 3.05) is 26.2 Å². The highest BCUT2D eigenvalue weighted by Crippen LogP contribution is 2.44. The maximum Gasteiger partial charge on any atom is 0.336 e. The minimum Gasteiger partial charge on any atom is -0.478 e. The molecule has 2 aliphatic heterocycles. The van der Waals surface area contributed by atoms with Crippen molar-refractivity contribution in [2.45, 2.75) is 25.7 Å². The lowest BCUT2D eigenvalue weighted by atomic mass is 9.84. The highest BCUT2D eigenvalue weighted by atomic mass is 16.4. The molecule has 2 heterocycles. The van der Waals surface area contributed by atoms with E-state index in [4.69, 9.17) is 0 Å². The van der Waals surface area contributed by atoms with E-state index in [2.05, 4.69) is 10.9 Å². The van der Waals surface area contributed by atoms with Gasteiger partial charge in [0.15, 0.2) is 0 Å². The van der Waals surface area contributed by atoms with Crippen LogP contribution in [0.3, 0.4) is 0 Å². The Labute approximate surface area is 239 Å². The lowest BCUT2D eigenvalue weighted by molar-refractivity contribution is 0.0688. The fourth-order valence-corrected chi connectivity index (χ4v) is 6.69. The number of rotatable bonds is 6. The predicted molar refractivity (Wildman–Crippen MR) is 158 cm³/mol. The first-order valence-corrected chi connectivity index (χ1v) is 14.1. The summed E-state index contributed by atoms with van der Waals surface area (Å²) in [5.41, 5.74) is 6.37. The summed E-state index contributed by atoms with van der Waals surface area (Å²) in [6.45, 7) is 2.92. The van der Waals surface area contributed by atoms with Crippen LogP contribution in [0.5, 0.6) is 0 Å². The molecule has 0 unspecified atom stereocenters. The molecule has 0 saturated carbocycles. The van der Waals surface area contributed by atoms with Crippen LogP contribution in [0.25, 0.3) is 43.1 Å². The molecule has 2 fully saturated rings. The lowest BCUT2D eigenvalue weighted by Gasteiger charge is -2.22. The lowest BCUT2D eigenvalue weighted by Crippen LogP contribution is -2.40. The summed E-state index contributed by atoms with van der Waals surface area (Å²) in [6, 6.07) is 13.2. The third kappa shape index (κ3) is 4.02. The number of aromatic carboxylic acids is 2. The monoisotopic (exact) mass is 564 g/mol. The topological polar surface area (TPSA) is 139 Å². The first kappa shape index (κ1) is 26.1. The Kier molecular flexibility index (Phi) is 6.18. The molecule has 0 atom stereocenters. The maximum atomic E-state index is 13.5. The Hall–Kier alpha value is -4.80. The van der Waals surface area contributed by atoms with Crippen LogP contribution in [-0.4, -0.2) is 70.2 Å². The quantitative estimate of drug-likeness (QED) is 0.173. The molecule has 2 amide bonds. The molecule has 2 aliphatic rings. The molecule has 212 valence electrons. The molecule has 7 rings (SSSR count). The second-order valence-corrected chi connectivity index (χ2v) is 11.0. The molecule has 4 N–H and O–H groups in total. The fraction of sp³-hybridized carbons (Fsp3) is 0.250. The molecule has 42 heavy (non-hydrogen) atoms. The molecule has 10 nitrogen and oxygen atoms in total. The minimum atomic E-state index is -1.15. The van der Waals surface area contributed by atoms with Gasteiger partial charge in [0.05, 0.1) is 11.1 Å². The molecule has 5 aromatic rings. The number of hydrogen-bond acceptors (Lipinski definition) is 6. The standard InChI is InChI=1S/C32H28N4O6/c37-29(33-35-13-1-2-14-35)21-9-5-17-20-8-12-24(32(41)42)28-22(30(38)34-36-15-3-4-16-36)10-6-18(26(20)28)19-7-11-23(31(39)40)27(21)25(17)19/h5-12H,1-4,13-16H2,(H,33,37)(H,34,38)(H,39,40)(H,41,42). The van der Waals surface area contributed by atoms with Crippen molar-refractivity contribution in [2.24, 2.45) is 0 Å². The van der Waals surface area contributed by atoms with Gasteiger partial charge in [-0.15, -0.1) is 0 Å². The third-order valence-corrected chi connectivity index (χ3v) is 8.58. The van der Waals surface area contributed by atoms with E-state index in [0.29, 0.717) is 43.1 Å². The highest BCUT2D eigenvalue weighted by Gasteiger charge is 2.27. The van der Waals surface area contributed by atoms with Gasteiger partial charge in [0.2, 0.25) is 0 Å². The zero-order valence-electron chi connectivity index (χ0n) is 22.7. The van der Waals surface area contributed by atoms with Gasteiger partial charge >= 0.3 is 11.9 Å². The van der Waals surface area contributed by atoms with E-state index in [0.717, 1.165) is 51.9 Å². The number of benzene rings is 5. The first-order chi connectivity index (χ1) is 20.3. The van der Waals surface area contributed by atoms with Crippen LogP contribution < -0.4 is 10.9 Å². The largest absolute Gasteiger partial charge is 0.478 e. The second kappa shape index (κ2) is 9.93. The maximum absolute atomic E-state index is 13.5.